The number of hydrogen-bond acceptors (Lipinski definition) is 4. The number of para-hydroxylation sites is 1. The van der Waals surface area contributed by atoms with Gasteiger partial charge in [-0.3, -0.25) is 0 Å². The fourth-order valence-electron chi connectivity index (χ4n) is 1.80. The normalized spacial score (nSPS) is 9.96. The molecule has 0 fully saturated rings. The van der Waals surface area contributed by atoms with Crippen molar-refractivity contribution in [1.82, 2.24) is 0 Å². The second-order valence-corrected chi connectivity index (χ2v) is 5.16. The molecule has 0 spiro atoms. The van der Waals surface area contributed by atoms with Crippen LogP contribution in [0, 0.1) is 0 Å². The minimum atomic E-state index is -0.922. The second-order valence-electron chi connectivity index (χ2n) is 5.16. The Bertz CT molecular complexity index is 696. The van der Waals surface area contributed by atoms with E-state index in [1.54, 1.807) is 30.3 Å². The highest BCUT2D eigenvalue weighted by molar-refractivity contribution is 5.94. The number of anilines is 1. The molecule has 0 unspecified atom stereocenters. The maximum Gasteiger partial charge on any atom is 0.340 e. The molecule has 25 heavy (non-hydrogen) atoms. The number of nitrogens with two attached hydrogens (primary N) is 1. The third-order valence-corrected chi connectivity index (χ3v) is 3.13. The van der Waals surface area contributed by atoms with Gasteiger partial charge in [0.25, 0.3) is 0 Å². The third kappa shape index (κ3) is 8.37. The SMILES string of the molecule is CCCCOC(=O)c1ccccc1N.O=C(O)/C=C/c1ccccc1. The van der Waals surface area contributed by atoms with E-state index in [1.165, 1.54) is 0 Å². The van der Waals surface area contributed by atoms with Crippen molar-refractivity contribution in [3.8, 4) is 0 Å². The van der Waals surface area contributed by atoms with Gasteiger partial charge in [-0.2, -0.15) is 0 Å². The van der Waals surface area contributed by atoms with Crippen LogP contribution in [0.5, 0.6) is 0 Å². The van der Waals surface area contributed by atoms with E-state index in [2.05, 4.69) is 0 Å². The van der Waals surface area contributed by atoms with Crippen molar-refractivity contribution in [2.24, 2.45) is 0 Å². The predicted octanol–water partition coefficient (Wildman–Crippen LogP) is 4.01. The van der Waals surface area contributed by atoms with Crippen LogP contribution < -0.4 is 5.73 Å². The number of carbonyl (C=O) groups is 2. The molecule has 0 heterocycles. The van der Waals surface area contributed by atoms with E-state index in [1.807, 2.05) is 37.3 Å². The van der Waals surface area contributed by atoms with Gasteiger partial charge < -0.3 is 15.6 Å². The molecule has 0 aliphatic heterocycles. The molecule has 2 aromatic rings. The molecular formula is C20H23NO4. The van der Waals surface area contributed by atoms with Gasteiger partial charge in [0, 0.05) is 11.8 Å². The van der Waals surface area contributed by atoms with Gasteiger partial charge in [-0.1, -0.05) is 55.8 Å². The Hall–Kier alpha value is -3.08. The Morgan fingerprint density at radius 2 is 1.72 bits per heavy atom. The highest BCUT2D eigenvalue weighted by atomic mass is 16.5. The molecule has 5 nitrogen and oxygen atoms in total. The zero-order valence-electron chi connectivity index (χ0n) is 14.2. The first-order valence-corrected chi connectivity index (χ1v) is 8.02. The number of carboxylic acids is 1. The molecule has 0 aromatic heterocycles. The first-order valence-electron chi connectivity index (χ1n) is 8.02. The van der Waals surface area contributed by atoms with Crippen LogP contribution in [-0.4, -0.2) is 23.7 Å². The van der Waals surface area contributed by atoms with Gasteiger partial charge in [-0.05, 0) is 30.2 Å². The summed E-state index contributed by atoms with van der Waals surface area (Å²) in [6.07, 6.45) is 4.58. The van der Waals surface area contributed by atoms with Crippen LogP contribution in [0.2, 0.25) is 0 Å². The molecule has 5 heteroatoms. The summed E-state index contributed by atoms with van der Waals surface area (Å²) in [7, 11) is 0. The summed E-state index contributed by atoms with van der Waals surface area (Å²) in [6.45, 7) is 2.51. The molecule has 0 saturated carbocycles. The zero-order valence-corrected chi connectivity index (χ0v) is 14.2. The molecule has 132 valence electrons. The summed E-state index contributed by atoms with van der Waals surface area (Å²) in [6, 6.07) is 16.2. The van der Waals surface area contributed by atoms with Crippen molar-refractivity contribution >= 4 is 23.7 Å². The van der Waals surface area contributed by atoms with Gasteiger partial charge >= 0.3 is 11.9 Å². The number of benzene rings is 2. The molecular weight excluding hydrogens is 318 g/mol. The Kier molecular flexibility index (Phi) is 9.15. The quantitative estimate of drug-likeness (QED) is 0.359. The van der Waals surface area contributed by atoms with Gasteiger partial charge in [-0.25, -0.2) is 9.59 Å². The maximum absolute atomic E-state index is 11.4. The molecule has 2 aromatic carbocycles. The molecule has 3 N–H and O–H groups in total. The van der Waals surface area contributed by atoms with Crippen molar-refractivity contribution < 1.29 is 19.4 Å². The van der Waals surface area contributed by atoms with Crippen LogP contribution in [0.25, 0.3) is 6.08 Å². The Labute approximate surface area is 147 Å². The summed E-state index contributed by atoms with van der Waals surface area (Å²) in [4.78, 5) is 21.5. The van der Waals surface area contributed by atoms with E-state index >= 15 is 0 Å². The first kappa shape index (κ1) is 20.0. The van der Waals surface area contributed by atoms with Crippen LogP contribution in [0.15, 0.2) is 60.7 Å². The maximum atomic E-state index is 11.4. The van der Waals surface area contributed by atoms with E-state index in [0.717, 1.165) is 24.5 Å². The Balaban J connectivity index is 0.000000257. The lowest BCUT2D eigenvalue weighted by Gasteiger charge is -2.05. The van der Waals surface area contributed by atoms with Gasteiger partial charge in [0.1, 0.15) is 0 Å². The number of nitrogen functional groups attached to an aromatic ring is 1. The lowest BCUT2D eigenvalue weighted by atomic mass is 10.2. The van der Waals surface area contributed by atoms with E-state index in [0.29, 0.717) is 17.9 Å². The standard InChI is InChI=1S/C11H15NO2.C9H8O2/c1-2-3-8-14-11(13)9-6-4-5-7-10(9)12;10-9(11)7-6-8-4-2-1-3-5-8/h4-7H,2-3,8,12H2,1H3;1-7H,(H,10,11)/b;7-6+. The number of hydrogen-bond donors (Lipinski definition) is 2. The highest BCUT2D eigenvalue weighted by Crippen LogP contribution is 2.11. The molecule has 0 amide bonds. The number of carbonyl (C=O) groups excluding carboxylic acids is 1. The van der Waals surface area contributed by atoms with Crippen molar-refractivity contribution in [1.29, 1.82) is 0 Å². The molecule has 0 aliphatic rings. The summed E-state index contributed by atoms with van der Waals surface area (Å²) in [5.41, 5.74) is 7.44. The molecule has 0 saturated heterocycles. The number of rotatable bonds is 6. The van der Waals surface area contributed by atoms with Gasteiger partial charge in [0.15, 0.2) is 0 Å². The Morgan fingerprint density at radius 1 is 1.08 bits per heavy atom. The zero-order chi connectivity index (χ0) is 18.5. The van der Waals surface area contributed by atoms with E-state index < -0.39 is 5.97 Å². The fraction of sp³-hybridized carbons (Fsp3) is 0.200. The highest BCUT2D eigenvalue weighted by Gasteiger charge is 2.09. The third-order valence-electron chi connectivity index (χ3n) is 3.13. The predicted molar refractivity (Wildman–Crippen MR) is 99.2 cm³/mol. The van der Waals surface area contributed by atoms with Gasteiger partial charge in [0.2, 0.25) is 0 Å². The average molecular weight is 341 g/mol. The van der Waals surface area contributed by atoms with Gasteiger partial charge in [-0.15, -0.1) is 0 Å². The topological polar surface area (TPSA) is 89.6 Å². The minimum Gasteiger partial charge on any atom is -0.478 e. The minimum absolute atomic E-state index is 0.337. The first-order chi connectivity index (χ1) is 12.0. The Morgan fingerprint density at radius 3 is 2.32 bits per heavy atom. The summed E-state index contributed by atoms with van der Waals surface area (Å²) < 4.78 is 5.03. The second kappa shape index (κ2) is 11.5. The number of unbranched alkanes of at least 4 members (excludes halogenated alkanes) is 1. The van der Waals surface area contributed by atoms with Crippen LogP contribution in [-0.2, 0) is 9.53 Å². The van der Waals surface area contributed by atoms with Crippen molar-refractivity contribution in [2.45, 2.75) is 19.8 Å². The van der Waals surface area contributed by atoms with Crippen LogP contribution in [0.4, 0.5) is 5.69 Å². The van der Waals surface area contributed by atoms with Crippen molar-refractivity contribution in [3.05, 3.63) is 71.8 Å². The summed E-state index contributed by atoms with van der Waals surface area (Å²) in [5.74, 6) is -1.26. The van der Waals surface area contributed by atoms with E-state index in [-0.39, 0.29) is 5.97 Å². The van der Waals surface area contributed by atoms with Crippen LogP contribution in [0.3, 0.4) is 0 Å². The fourth-order valence-corrected chi connectivity index (χ4v) is 1.80. The molecule has 0 atom stereocenters. The van der Waals surface area contributed by atoms with E-state index in [4.69, 9.17) is 15.6 Å². The lowest BCUT2D eigenvalue weighted by molar-refractivity contribution is -0.131. The van der Waals surface area contributed by atoms with Crippen LogP contribution >= 0.6 is 0 Å². The average Bonchev–Trinajstić information content (AvgIpc) is 2.62. The largest absolute Gasteiger partial charge is 0.478 e. The molecule has 0 aliphatic carbocycles. The van der Waals surface area contributed by atoms with Crippen molar-refractivity contribution in [2.75, 3.05) is 12.3 Å². The smallest absolute Gasteiger partial charge is 0.340 e. The summed E-state index contributed by atoms with van der Waals surface area (Å²) in [5, 5.41) is 8.29. The molecule has 2 rings (SSSR count). The number of esters is 1. The van der Waals surface area contributed by atoms with Crippen LogP contribution in [0.1, 0.15) is 35.7 Å². The van der Waals surface area contributed by atoms with E-state index in [9.17, 15) is 9.59 Å². The lowest BCUT2D eigenvalue weighted by Crippen LogP contribution is -2.08. The molecule has 0 bridgehead atoms. The number of ether oxygens (including phenoxy) is 1. The van der Waals surface area contributed by atoms with Crippen molar-refractivity contribution in [3.63, 3.8) is 0 Å². The van der Waals surface area contributed by atoms with Gasteiger partial charge in [0.05, 0.1) is 12.2 Å². The number of carboxylic acid groups (broad SMARTS) is 1. The number of aliphatic carboxylic acids is 1. The summed E-state index contributed by atoms with van der Waals surface area (Å²) >= 11 is 0. The monoisotopic (exact) mass is 341 g/mol. The molecule has 0 radical (unpaired) electrons.